The normalized spacial score (nSPS) is 12.4. The Hall–Kier alpha value is -2.05. The van der Waals surface area contributed by atoms with Gasteiger partial charge in [-0.3, -0.25) is 9.10 Å². The maximum absolute atomic E-state index is 12.7. The fourth-order valence-corrected chi connectivity index (χ4v) is 4.08. The van der Waals surface area contributed by atoms with Crippen molar-refractivity contribution < 1.29 is 13.2 Å². The number of nitrogens with zero attached hydrogens (tertiary/aromatic N) is 1. The smallest absolute Gasteiger partial charge is 0.247 e. The number of halogens is 1. The first-order valence-corrected chi connectivity index (χ1v) is 11.1. The van der Waals surface area contributed by atoms with Crippen LogP contribution in [0.1, 0.15) is 32.3 Å². The summed E-state index contributed by atoms with van der Waals surface area (Å²) in [5.74, 6) is -0.406. The van der Waals surface area contributed by atoms with E-state index in [2.05, 4.69) is 12.2 Å². The molecule has 0 saturated heterocycles. The van der Waals surface area contributed by atoms with E-state index in [1.165, 1.54) is 5.56 Å². The van der Waals surface area contributed by atoms with Gasteiger partial charge < -0.3 is 5.32 Å². The molecule has 27 heavy (non-hydrogen) atoms. The van der Waals surface area contributed by atoms with Gasteiger partial charge in [0.1, 0.15) is 6.04 Å². The third kappa shape index (κ3) is 5.97. The van der Waals surface area contributed by atoms with Gasteiger partial charge in [-0.2, -0.15) is 0 Å². The van der Waals surface area contributed by atoms with Gasteiger partial charge in [0.2, 0.25) is 15.9 Å². The molecule has 0 aliphatic rings. The highest BCUT2D eigenvalue weighted by molar-refractivity contribution is 7.92. The van der Waals surface area contributed by atoms with Crippen LogP contribution in [0.4, 0.5) is 11.4 Å². The molecule has 1 amide bonds. The van der Waals surface area contributed by atoms with Crippen molar-refractivity contribution in [3.8, 4) is 0 Å². The van der Waals surface area contributed by atoms with Gasteiger partial charge in [-0.1, -0.05) is 37.1 Å². The van der Waals surface area contributed by atoms with E-state index in [9.17, 15) is 13.2 Å². The molecule has 0 aliphatic heterocycles. The Balaban J connectivity index is 2.16. The second-order valence-corrected chi connectivity index (χ2v) is 8.80. The van der Waals surface area contributed by atoms with Crippen LogP contribution in [0.5, 0.6) is 0 Å². The van der Waals surface area contributed by atoms with Gasteiger partial charge in [-0.15, -0.1) is 0 Å². The number of anilines is 2. The summed E-state index contributed by atoms with van der Waals surface area (Å²) in [5, 5.41) is 3.28. The predicted molar refractivity (Wildman–Crippen MR) is 112 cm³/mol. The maximum atomic E-state index is 12.7. The lowest BCUT2D eigenvalue weighted by Crippen LogP contribution is -2.45. The largest absolute Gasteiger partial charge is 0.324 e. The van der Waals surface area contributed by atoms with Crippen molar-refractivity contribution in [3.63, 3.8) is 0 Å². The molecular weight excluding hydrogens is 384 g/mol. The number of nitrogens with one attached hydrogen (secondary N) is 1. The monoisotopic (exact) mass is 408 g/mol. The minimum atomic E-state index is -3.65. The van der Waals surface area contributed by atoms with Gasteiger partial charge in [0.15, 0.2) is 0 Å². The fraction of sp³-hybridized carbons (Fsp3) is 0.350. The zero-order valence-electron chi connectivity index (χ0n) is 15.8. The second kappa shape index (κ2) is 9.24. The van der Waals surface area contributed by atoms with E-state index in [-0.39, 0.29) is 0 Å². The van der Waals surface area contributed by atoms with Crippen LogP contribution in [0.2, 0.25) is 5.02 Å². The number of carbonyl (C=O) groups excluding carboxylic acids is 1. The van der Waals surface area contributed by atoms with Crippen molar-refractivity contribution in [2.24, 2.45) is 0 Å². The van der Waals surface area contributed by atoms with E-state index < -0.39 is 22.0 Å². The molecule has 0 radical (unpaired) electrons. The summed E-state index contributed by atoms with van der Waals surface area (Å²) in [6.45, 7) is 3.70. The summed E-state index contributed by atoms with van der Waals surface area (Å²) in [6, 6.07) is 13.0. The van der Waals surface area contributed by atoms with Crippen molar-refractivity contribution in [2.45, 2.75) is 39.2 Å². The number of hydrogen-bond donors (Lipinski definition) is 1. The van der Waals surface area contributed by atoms with Gasteiger partial charge in [-0.05, 0) is 61.7 Å². The van der Waals surface area contributed by atoms with Crippen LogP contribution in [-0.4, -0.2) is 26.6 Å². The average molecular weight is 409 g/mol. The molecule has 0 bridgehead atoms. The molecule has 1 N–H and O–H groups in total. The molecule has 1 atom stereocenters. The number of hydrogen-bond acceptors (Lipinski definition) is 3. The first kappa shape index (κ1) is 21.3. The maximum Gasteiger partial charge on any atom is 0.247 e. The number of benzene rings is 2. The lowest BCUT2D eigenvalue weighted by Gasteiger charge is -2.28. The van der Waals surface area contributed by atoms with Gasteiger partial charge in [0.25, 0.3) is 0 Å². The fourth-order valence-electron chi connectivity index (χ4n) is 2.78. The van der Waals surface area contributed by atoms with Gasteiger partial charge in [-0.25, -0.2) is 8.42 Å². The van der Waals surface area contributed by atoms with Crippen LogP contribution in [0, 0.1) is 0 Å². The molecule has 0 heterocycles. The third-order valence-corrected chi connectivity index (χ3v) is 5.70. The van der Waals surface area contributed by atoms with E-state index in [1.54, 1.807) is 31.2 Å². The number of unbranched alkanes of at least 4 members (excludes halogenated alkanes) is 1. The molecule has 0 aromatic heterocycles. The molecule has 2 aromatic carbocycles. The zero-order chi connectivity index (χ0) is 20.0. The molecule has 7 heteroatoms. The molecule has 0 aliphatic carbocycles. The Bertz CT molecular complexity index is 865. The summed E-state index contributed by atoms with van der Waals surface area (Å²) in [4.78, 5) is 12.7. The van der Waals surface area contributed by atoms with E-state index >= 15 is 0 Å². The molecule has 2 rings (SSSR count). The number of rotatable bonds is 8. The summed E-state index contributed by atoms with van der Waals surface area (Å²) in [6.07, 6.45) is 4.32. The number of carbonyl (C=O) groups is 1. The molecule has 0 fully saturated rings. The van der Waals surface area contributed by atoms with Crippen LogP contribution in [0.15, 0.2) is 48.5 Å². The summed E-state index contributed by atoms with van der Waals surface area (Å²) in [5.41, 5.74) is 2.23. The summed E-state index contributed by atoms with van der Waals surface area (Å²) in [7, 11) is -3.65. The minimum absolute atomic E-state index is 0.388. The molecule has 5 nitrogen and oxygen atoms in total. The Labute approximate surface area is 166 Å². The first-order chi connectivity index (χ1) is 12.7. The number of amides is 1. The van der Waals surface area contributed by atoms with E-state index in [4.69, 9.17) is 11.6 Å². The zero-order valence-corrected chi connectivity index (χ0v) is 17.3. The van der Waals surface area contributed by atoms with Gasteiger partial charge in [0.05, 0.1) is 11.9 Å². The highest BCUT2D eigenvalue weighted by Crippen LogP contribution is 2.23. The average Bonchev–Trinajstić information content (AvgIpc) is 2.61. The third-order valence-electron chi connectivity index (χ3n) is 4.21. The second-order valence-electron chi connectivity index (χ2n) is 6.50. The van der Waals surface area contributed by atoms with Crippen LogP contribution in [0.25, 0.3) is 0 Å². The standard InChI is InChI=1S/C20H25ClN2O3S/c1-4-5-6-16-7-11-18(12-8-16)22-20(24)15(2)23(27(3,25)26)19-13-9-17(21)10-14-19/h7-15H,4-6H2,1-3H3,(H,22,24). The Kier molecular flexibility index (Phi) is 7.27. The van der Waals surface area contributed by atoms with Crippen molar-refractivity contribution in [3.05, 3.63) is 59.1 Å². The van der Waals surface area contributed by atoms with Crippen LogP contribution >= 0.6 is 11.6 Å². The Morgan fingerprint density at radius 1 is 1.11 bits per heavy atom. The van der Waals surface area contributed by atoms with Crippen molar-refractivity contribution in [2.75, 3.05) is 15.9 Å². The number of aryl methyl sites for hydroxylation is 1. The SMILES string of the molecule is CCCCc1ccc(NC(=O)C(C)N(c2ccc(Cl)cc2)S(C)(=O)=O)cc1. The van der Waals surface area contributed by atoms with Crippen molar-refractivity contribution >= 4 is 38.9 Å². The molecule has 146 valence electrons. The Morgan fingerprint density at radius 2 is 1.70 bits per heavy atom. The molecule has 1 unspecified atom stereocenters. The predicted octanol–water partition coefficient (Wildman–Crippen LogP) is 4.48. The van der Waals surface area contributed by atoms with Crippen molar-refractivity contribution in [1.29, 1.82) is 0 Å². The molecule has 0 spiro atoms. The van der Waals surface area contributed by atoms with Crippen LogP contribution in [0.3, 0.4) is 0 Å². The van der Waals surface area contributed by atoms with Gasteiger partial charge >= 0.3 is 0 Å². The lowest BCUT2D eigenvalue weighted by atomic mass is 10.1. The van der Waals surface area contributed by atoms with Crippen LogP contribution in [-0.2, 0) is 21.2 Å². The molecule has 0 saturated carbocycles. The quantitative estimate of drug-likeness (QED) is 0.700. The highest BCUT2D eigenvalue weighted by atomic mass is 35.5. The van der Waals surface area contributed by atoms with Gasteiger partial charge in [0, 0.05) is 10.7 Å². The van der Waals surface area contributed by atoms with Crippen molar-refractivity contribution in [1.82, 2.24) is 0 Å². The topological polar surface area (TPSA) is 66.5 Å². The summed E-state index contributed by atoms with van der Waals surface area (Å²) < 4.78 is 25.6. The minimum Gasteiger partial charge on any atom is -0.324 e. The lowest BCUT2D eigenvalue weighted by molar-refractivity contribution is -0.116. The van der Waals surface area contributed by atoms with E-state index in [0.717, 1.165) is 29.8 Å². The van der Waals surface area contributed by atoms with Crippen LogP contribution < -0.4 is 9.62 Å². The molecule has 2 aromatic rings. The summed E-state index contributed by atoms with van der Waals surface area (Å²) >= 11 is 5.88. The Morgan fingerprint density at radius 3 is 2.22 bits per heavy atom. The highest BCUT2D eigenvalue weighted by Gasteiger charge is 2.29. The molecular formula is C20H25ClN2O3S. The van der Waals surface area contributed by atoms with E-state index in [0.29, 0.717) is 16.4 Å². The number of sulfonamides is 1. The first-order valence-electron chi connectivity index (χ1n) is 8.87. The van der Waals surface area contributed by atoms with E-state index in [1.807, 2.05) is 24.3 Å².